The van der Waals surface area contributed by atoms with Crippen molar-refractivity contribution in [1.82, 2.24) is 5.32 Å². The average molecular weight is 288 g/mol. The predicted octanol–water partition coefficient (Wildman–Crippen LogP) is 4.91. The Balaban J connectivity index is 2.13. The van der Waals surface area contributed by atoms with Gasteiger partial charge >= 0.3 is 0 Å². The molecular weight excluding hydrogens is 256 g/mol. The van der Waals surface area contributed by atoms with E-state index in [-0.39, 0.29) is 0 Å². The lowest BCUT2D eigenvalue weighted by atomic mass is 10.0. The Hall–Kier alpha value is -1.02. The van der Waals surface area contributed by atoms with Gasteiger partial charge in [0, 0.05) is 24.8 Å². The average Bonchev–Trinajstić information content (AvgIpc) is 2.81. The summed E-state index contributed by atoms with van der Waals surface area (Å²) in [4.78, 5) is 2.55. The van der Waals surface area contributed by atoms with E-state index in [4.69, 9.17) is 0 Å². The molecule has 1 unspecified atom stereocenters. The van der Waals surface area contributed by atoms with E-state index < -0.39 is 0 Å². The van der Waals surface area contributed by atoms with Gasteiger partial charge in [0.05, 0.1) is 0 Å². The maximum Gasteiger partial charge on any atom is 0.0414 e. The zero-order valence-corrected chi connectivity index (χ0v) is 14.1. The van der Waals surface area contributed by atoms with Crippen molar-refractivity contribution >= 4 is 5.69 Å². The first-order chi connectivity index (χ1) is 10.2. The fourth-order valence-electron chi connectivity index (χ4n) is 3.49. The molecule has 118 valence electrons. The first-order valence-electron chi connectivity index (χ1n) is 8.79. The predicted molar refractivity (Wildman–Crippen MR) is 93.0 cm³/mol. The normalized spacial score (nSPS) is 18.2. The Labute approximate surface area is 130 Å². The number of hydrogen-bond donors (Lipinski definition) is 1. The van der Waals surface area contributed by atoms with Crippen molar-refractivity contribution in [3.63, 3.8) is 0 Å². The molecule has 0 bridgehead atoms. The van der Waals surface area contributed by atoms with E-state index in [2.05, 4.69) is 55.4 Å². The van der Waals surface area contributed by atoms with Crippen molar-refractivity contribution in [2.75, 3.05) is 18.5 Å². The maximum atomic E-state index is 3.63. The van der Waals surface area contributed by atoms with Gasteiger partial charge in [0.25, 0.3) is 0 Å². The SMILES string of the molecule is CCCNC(C)c1ccccc1N(C)C1CCCCCC1. The van der Waals surface area contributed by atoms with Gasteiger partial charge in [-0.05, 0) is 44.4 Å². The van der Waals surface area contributed by atoms with Gasteiger partial charge < -0.3 is 10.2 Å². The van der Waals surface area contributed by atoms with Gasteiger partial charge in [-0.15, -0.1) is 0 Å². The third kappa shape index (κ3) is 4.47. The molecule has 1 aromatic carbocycles. The van der Waals surface area contributed by atoms with E-state index in [0.29, 0.717) is 12.1 Å². The van der Waals surface area contributed by atoms with Crippen LogP contribution in [0.2, 0.25) is 0 Å². The van der Waals surface area contributed by atoms with Crippen LogP contribution >= 0.6 is 0 Å². The zero-order chi connectivity index (χ0) is 15.1. The topological polar surface area (TPSA) is 15.3 Å². The molecule has 1 aliphatic carbocycles. The third-order valence-electron chi connectivity index (χ3n) is 4.86. The summed E-state index contributed by atoms with van der Waals surface area (Å²) in [7, 11) is 2.29. The van der Waals surface area contributed by atoms with E-state index in [9.17, 15) is 0 Å². The number of rotatable bonds is 6. The highest BCUT2D eigenvalue weighted by Crippen LogP contribution is 2.30. The molecule has 0 aromatic heterocycles. The number of para-hydroxylation sites is 1. The molecule has 0 saturated heterocycles. The van der Waals surface area contributed by atoms with Crippen molar-refractivity contribution in [1.29, 1.82) is 0 Å². The minimum Gasteiger partial charge on any atom is -0.371 e. The fourth-order valence-corrected chi connectivity index (χ4v) is 3.49. The summed E-state index contributed by atoms with van der Waals surface area (Å²) in [5, 5.41) is 3.63. The summed E-state index contributed by atoms with van der Waals surface area (Å²) in [6.07, 6.45) is 9.50. The number of nitrogens with one attached hydrogen (secondary N) is 1. The fraction of sp³-hybridized carbons (Fsp3) is 0.684. The molecule has 1 fully saturated rings. The third-order valence-corrected chi connectivity index (χ3v) is 4.86. The monoisotopic (exact) mass is 288 g/mol. The lowest BCUT2D eigenvalue weighted by Gasteiger charge is -2.32. The summed E-state index contributed by atoms with van der Waals surface area (Å²) < 4.78 is 0. The standard InChI is InChI=1S/C19H32N2/c1-4-15-20-16(2)18-13-9-10-14-19(18)21(3)17-11-7-5-6-8-12-17/h9-10,13-14,16-17,20H,4-8,11-12,15H2,1-3H3. The molecule has 2 nitrogen and oxygen atoms in total. The summed E-state index contributed by atoms with van der Waals surface area (Å²) in [6.45, 7) is 5.60. The highest BCUT2D eigenvalue weighted by Gasteiger charge is 2.20. The Morgan fingerprint density at radius 3 is 2.48 bits per heavy atom. The second kappa shape index (κ2) is 8.43. The van der Waals surface area contributed by atoms with Crippen LogP contribution in [0.25, 0.3) is 0 Å². The largest absolute Gasteiger partial charge is 0.371 e. The van der Waals surface area contributed by atoms with E-state index in [1.165, 1.54) is 56.2 Å². The molecule has 0 aliphatic heterocycles. The van der Waals surface area contributed by atoms with Gasteiger partial charge in [-0.2, -0.15) is 0 Å². The van der Waals surface area contributed by atoms with Crippen molar-refractivity contribution in [2.45, 2.75) is 70.9 Å². The van der Waals surface area contributed by atoms with Crippen molar-refractivity contribution in [3.05, 3.63) is 29.8 Å². The van der Waals surface area contributed by atoms with Crippen LogP contribution in [0.1, 0.15) is 70.4 Å². The van der Waals surface area contributed by atoms with Crippen molar-refractivity contribution in [3.8, 4) is 0 Å². The molecule has 1 atom stereocenters. The zero-order valence-electron chi connectivity index (χ0n) is 14.1. The Bertz CT molecular complexity index is 408. The highest BCUT2D eigenvalue weighted by atomic mass is 15.1. The molecule has 1 N–H and O–H groups in total. The Morgan fingerprint density at radius 2 is 1.81 bits per heavy atom. The minimum absolute atomic E-state index is 0.425. The van der Waals surface area contributed by atoms with Crippen LogP contribution in [0, 0.1) is 0 Å². The second-order valence-corrected chi connectivity index (χ2v) is 6.49. The van der Waals surface area contributed by atoms with Crippen LogP contribution in [0.15, 0.2) is 24.3 Å². The summed E-state index contributed by atoms with van der Waals surface area (Å²) in [5.74, 6) is 0. The van der Waals surface area contributed by atoms with Gasteiger partial charge in [-0.3, -0.25) is 0 Å². The lowest BCUT2D eigenvalue weighted by Crippen LogP contribution is -2.33. The molecule has 0 heterocycles. The van der Waals surface area contributed by atoms with Crippen LogP contribution in [0.3, 0.4) is 0 Å². The van der Waals surface area contributed by atoms with Crippen LogP contribution in [0.4, 0.5) is 5.69 Å². The Kier molecular flexibility index (Phi) is 6.56. The first-order valence-corrected chi connectivity index (χ1v) is 8.79. The molecule has 1 aliphatic rings. The van der Waals surface area contributed by atoms with E-state index in [1.807, 2.05) is 0 Å². The molecular formula is C19H32N2. The Morgan fingerprint density at radius 1 is 1.14 bits per heavy atom. The summed E-state index contributed by atoms with van der Waals surface area (Å²) >= 11 is 0. The summed E-state index contributed by atoms with van der Waals surface area (Å²) in [6, 6.07) is 10.1. The molecule has 0 radical (unpaired) electrons. The van der Waals surface area contributed by atoms with Gasteiger partial charge in [0.2, 0.25) is 0 Å². The molecule has 1 aromatic rings. The molecule has 1 saturated carbocycles. The number of benzene rings is 1. The van der Waals surface area contributed by atoms with E-state index >= 15 is 0 Å². The van der Waals surface area contributed by atoms with E-state index in [0.717, 1.165) is 6.54 Å². The molecule has 2 heteroatoms. The highest BCUT2D eigenvalue weighted by molar-refractivity contribution is 5.55. The maximum absolute atomic E-state index is 3.63. The molecule has 0 amide bonds. The van der Waals surface area contributed by atoms with Gasteiger partial charge in [0.1, 0.15) is 0 Å². The van der Waals surface area contributed by atoms with Crippen LogP contribution in [-0.4, -0.2) is 19.6 Å². The van der Waals surface area contributed by atoms with Gasteiger partial charge in [-0.25, -0.2) is 0 Å². The number of anilines is 1. The van der Waals surface area contributed by atoms with Gasteiger partial charge in [0.15, 0.2) is 0 Å². The van der Waals surface area contributed by atoms with Crippen LogP contribution in [0.5, 0.6) is 0 Å². The van der Waals surface area contributed by atoms with E-state index in [1.54, 1.807) is 0 Å². The minimum atomic E-state index is 0.425. The smallest absolute Gasteiger partial charge is 0.0414 e. The van der Waals surface area contributed by atoms with Crippen molar-refractivity contribution < 1.29 is 0 Å². The first kappa shape index (κ1) is 16.4. The number of hydrogen-bond acceptors (Lipinski definition) is 2. The molecule has 2 rings (SSSR count). The van der Waals surface area contributed by atoms with Crippen LogP contribution < -0.4 is 10.2 Å². The summed E-state index contributed by atoms with van der Waals surface area (Å²) in [5.41, 5.74) is 2.86. The number of nitrogens with zero attached hydrogens (tertiary/aromatic N) is 1. The molecule has 0 spiro atoms. The lowest BCUT2D eigenvalue weighted by molar-refractivity contribution is 0.540. The molecule has 21 heavy (non-hydrogen) atoms. The van der Waals surface area contributed by atoms with Crippen molar-refractivity contribution in [2.24, 2.45) is 0 Å². The van der Waals surface area contributed by atoms with Gasteiger partial charge in [-0.1, -0.05) is 50.8 Å². The quantitative estimate of drug-likeness (QED) is 0.748. The second-order valence-electron chi connectivity index (χ2n) is 6.49. The van der Waals surface area contributed by atoms with Crippen LogP contribution in [-0.2, 0) is 0 Å².